The fourth-order valence-corrected chi connectivity index (χ4v) is 6.58. The number of halogens is 1. The van der Waals surface area contributed by atoms with E-state index in [-0.39, 0.29) is 36.5 Å². The van der Waals surface area contributed by atoms with Gasteiger partial charge in [0.1, 0.15) is 0 Å². The molecule has 1 saturated heterocycles. The number of aryl methyl sites for hydroxylation is 1. The van der Waals surface area contributed by atoms with Gasteiger partial charge in [-0.25, -0.2) is 14.0 Å². The van der Waals surface area contributed by atoms with Gasteiger partial charge in [-0.2, -0.15) is 19.6 Å². The highest BCUT2D eigenvalue weighted by molar-refractivity contribution is 6.04. The van der Waals surface area contributed by atoms with Crippen LogP contribution >= 0.6 is 0 Å². The van der Waals surface area contributed by atoms with E-state index in [4.69, 9.17) is 28.5 Å². The van der Waals surface area contributed by atoms with Gasteiger partial charge in [-0.3, -0.25) is 9.78 Å². The number of ether oxygens (including phenoxy) is 1. The number of aliphatic hydroxyl groups is 1. The van der Waals surface area contributed by atoms with Crippen LogP contribution in [-0.4, -0.2) is 72.3 Å². The first-order valence-corrected chi connectivity index (χ1v) is 18.0. The molecule has 4 N–H and O–H groups in total. The van der Waals surface area contributed by atoms with E-state index in [0.29, 0.717) is 49.3 Å². The fourth-order valence-electron chi connectivity index (χ4n) is 6.58. The molecule has 2 atom stereocenters. The zero-order chi connectivity index (χ0) is 39.5. The summed E-state index contributed by atoms with van der Waals surface area (Å²) in [5.41, 5.74) is 4.52. The third-order valence-electron chi connectivity index (χ3n) is 9.66. The smallest absolute Gasteiger partial charge is 0.441 e. The van der Waals surface area contributed by atoms with Crippen LogP contribution in [0.2, 0.25) is 0 Å². The lowest BCUT2D eigenvalue weighted by atomic mass is 9.94. The van der Waals surface area contributed by atoms with Gasteiger partial charge in [0.2, 0.25) is 11.9 Å². The van der Waals surface area contributed by atoms with E-state index >= 15 is 0 Å². The van der Waals surface area contributed by atoms with E-state index in [1.807, 2.05) is 36.4 Å². The summed E-state index contributed by atoms with van der Waals surface area (Å²) in [6, 6.07) is 14.9. The van der Waals surface area contributed by atoms with E-state index < -0.39 is 29.8 Å². The molecule has 0 saturated carbocycles. The van der Waals surface area contributed by atoms with Gasteiger partial charge in [-0.1, -0.05) is 50.8 Å². The second kappa shape index (κ2) is 16.0. The lowest BCUT2D eigenvalue weighted by Crippen LogP contribution is -2.48. The number of pyridine rings is 1. The number of amides is 2. The lowest BCUT2D eigenvalue weighted by Gasteiger charge is -2.35. The van der Waals surface area contributed by atoms with Crippen molar-refractivity contribution in [3.8, 4) is 11.3 Å². The molecule has 56 heavy (non-hydrogen) atoms. The van der Waals surface area contributed by atoms with Crippen molar-refractivity contribution in [2.75, 3.05) is 35.6 Å². The number of carbonyl (C=O) groups is 2. The molecule has 1 aliphatic rings. The van der Waals surface area contributed by atoms with Gasteiger partial charge in [0, 0.05) is 53.9 Å². The first kappa shape index (κ1) is 37.7. The van der Waals surface area contributed by atoms with Gasteiger partial charge >= 0.3 is 11.9 Å². The second-order valence-electron chi connectivity index (χ2n) is 13.8. The van der Waals surface area contributed by atoms with Crippen LogP contribution in [0.4, 0.5) is 26.8 Å². The molecule has 2 amide bonds. The molecule has 6 aromatic rings. The van der Waals surface area contributed by atoms with Crippen LogP contribution in [0.1, 0.15) is 48.8 Å². The van der Waals surface area contributed by atoms with Crippen LogP contribution in [0.15, 0.2) is 87.0 Å². The number of aromatic nitrogens is 5. The third kappa shape index (κ3) is 8.07. The maximum Gasteiger partial charge on any atom is 0.519 e. The standard InChI is InChI=1S/C39H40FN9O7/c1-21(2)30-18-44-49-34(30)46-36(42-17-26-12-14-48(19-31(26)50)38(52)54-20-32-23(4)55-39(53)56-32)47-37(49)43-16-25-7-5-6-8-28(25)33-29-10-9-27(45-35(51)22(3)40)15-24(29)11-13-41-33/h5-11,13,15,18,21,26,31,50H,3,12,14,16-17,19-20H2,1-2,4H3,(H,45,51)(H2,42,43,46,47)/t26-,31-/m0/s1. The van der Waals surface area contributed by atoms with Crippen LogP contribution in [0.3, 0.4) is 0 Å². The normalized spacial score (nSPS) is 15.6. The molecular formula is C39H40FN9O7. The Morgan fingerprint density at radius 2 is 1.95 bits per heavy atom. The summed E-state index contributed by atoms with van der Waals surface area (Å²) in [5.74, 6) is -1.77. The van der Waals surface area contributed by atoms with Crippen molar-refractivity contribution in [1.82, 2.24) is 29.5 Å². The van der Waals surface area contributed by atoms with Crippen molar-refractivity contribution in [3.05, 3.63) is 107 Å². The topological polar surface area (TPSA) is 202 Å². The SMILES string of the molecule is C=C(F)C(=O)Nc1ccc2c(-c3ccccc3CNc3nc(NC[C@@H]4CCN(C(=O)OCc5oc(=O)oc5C)C[C@@H]4O)nc4c(C(C)C)cnn34)nccc2c1. The monoisotopic (exact) mass is 765 g/mol. The van der Waals surface area contributed by atoms with Crippen molar-refractivity contribution in [3.63, 3.8) is 0 Å². The highest BCUT2D eigenvalue weighted by atomic mass is 19.1. The van der Waals surface area contributed by atoms with E-state index in [2.05, 4.69) is 41.5 Å². The van der Waals surface area contributed by atoms with E-state index in [1.54, 1.807) is 29.0 Å². The van der Waals surface area contributed by atoms with Crippen LogP contribution in [0.25, 0.3) is 27.7 Å². The Morgan fingerprint density at radius 1 is 1.12 bits per heavy atom. The van der Waals surface area contributed by atoms with Gasteiger partial charge in [0.25, 0.3) is 5.91 Å². The number of nitrogens with one attached hydrogen (secondary N) is 3. The van der Waals surface area contributed by atoms with Gasteiger partial charge in [0.15, 0.2) is 29.6 Å². The first-order chi connectivity index (χ1) is 26.9. The summed E-state index contributed by atoms with van der Waals surface area (Å²) in [4.78, 5) is 51.5. The van der Waals surface area contributed by atoms with Crippen LogP contribution in [0.5, 0.6) is 0 Å². The number of likely N-dealkylation sites (tertiary alicyclic amines) is 1. The number of aliphatic hydroxyl groups excluding tert-OH is 1. The molecule has 4 aromatic heterocycles. The van der Waals surface area contributed by atoms with E-state index in [0.717, 1.165) is 33.2 Å². The zero-order valence-corrected chi connectivity index (χ0v) is 30.9. The quantitative estimate of drug-likeness (QED) is 0.109. The van der Waals surface area contributed by atoms with E-state index in [9.17, 15) is 23.9 Å². The number of β-amino-alcohol motifs (C(OH)–C–C–N with tert-alkyl or cyclic N) is 1. The minimum atomic E-state index is -1.07. The molecule has 7 rings (SSSR count). The minimum Gasteiger partial charge on any atom is -0.441 e. The highest BCUT2D eigenvalue weighted by Crippen LogP contribution is 2.32. The Labute approximate surface area is 319 Å². The number of fused-ring (bicyclic) bond motifs is 2. The van der Waals surface area contributed by atoms with Gasteiger partial charge in [-0.05, 0) is 48.4 Å². The number of benzene rings is 2. The molecule has 0 bridgehead atoms. The van der Waals surface area contributed by atoms with Gasteiger partial charge < -0.3 is 39.5 Å². The van der Waals surface area contributed by atoms with Crippen LogP contribution in [0, 0.1) is 12.8 Å². The van der Waals surface area contributed by atoms with Crippen molar-refractivity contribution in [2.45, 2.75) is 52.4 Å². The maximum absolute atomic E-state index is 13.3. The number of hydrogen-bond acceptors (Lipinski definition) is 13. The first-order valence-electron chi connectivity index (χ1n) is 18.0. The number of nitrogens with zero attached hydrogens (tertiary/aromatic N) is 6. The van der Waals surface area contributed by atoms with E-state index in [1.165, 1.54) is 11.8 Å². The van der Waals surface area contributed by atoms with Crippen LogP contribution < -0.4 is 21.8 Å². The number of anilines is 3. The van der Waals surface area contributed by atoms with Gasteiger partial charge in [-0.15, -0.1) is 0 Å². The third-order valence-corrected chi connectivity index (χ3v) is 9.66. The summed E-state index contributed by atoms with van der Waals surface area (Å²) in [5, 5.41) is 26.5. The number of rotatable bonds is 12. The predicted octanol–water partition coefficient (Wildman–Crippen LogP) is 5.78. The van der Waals surface area contributed by atoms with Crippen molar-refractivity contribution >= 4 is 46.0 Å². The van der Waals surface area contributed by atoms with Crippen molar-refractivity contribution in [1.29, 1.82) is 0 Å². The predicted molar refractivity (Wildman–Crippen MR) is 205 cm³/mol. The molecule has 1 fully saturated rings. The summed E-state index contributed by atoms with van der Waals surface area (Å²) < 4.78 is 30.0. The minimum absolute atomic E-state index is 0.0598. The van der Waals surface area contributed by atoms with Gasteiger partial charge in [0.05, 0.1) is 24.5 Å². The average molecular weight is 766 g/mol. The summed E-state index contributed by atoms with van der Waals surface area (Å²) in [6.45, 7) is 9.55. The Hall–Kier alpha value is -6.62. The zero-order valence-electron chi connectivity index (χ0n) is 30.9. The fraction of sp³-hybridized carbons (Fsp3) is 0.308. The molecule has 0 unspecified atom stereocenters. The number of hydrogen-bond donors (Lipinski definition) is 4. The summed E-state index contributed by atoms with van der Waals surface area (Å²) in [6.07, 6.45) is 2.46. The Morgan fingerprint density at radius 3 is 2.70 bits per heavy atom. The Bertz CT molecular complexity index is 2490. The molecule has 17 heteroatoms. The molecule has 0 radical (unpaired) electrons. The number of carbonyl (C=O) groups excluding carboxylic acids is 2. The molecule has 5 heterocycles. The largest absolute Gasteiger partial charge is 0.519 e. The molecule has 2 aromatic carbocycles. The van der Waals surface area contributed by atoms with Crippen molar-refractivity contribution < 1.29 is 32.7 Å². The molecule has 16 nitrogen and oxygen atoms in total. The molecule has 0 spiro atoms. The second-order valence-corrected chi connectivity index (χ2v) is 13.8. The average Bonchev–Trinajstić information content (AvgIpc) is 3.76. The number of piperidine rings is 1. The maximum atomic E-state index is 13.3. The van der Waals surface area contributed by atoms with Crippen molar-refractivity contribution in [2.24, 2.45) is 5.92 Å². The molecular weight excluding hydrogens is 725 g/mol. The lowest BCUT2D eigenvalue weighted by molar-refractivity contribution is -0.114. The summed E-state index contributed by atoms with van der Waals surface area (Å²) >= 11 is 0. The molecule has 1 aliphatic heterocycles. The highest BCUT2D eigenvalue weighted by Gasteiger charge is 2.31. The molecule has 290 valence electrons. The Kier molecular flexibility index (Phi) is 10.8. The Balaban J connectivity index is 1.06. The summed E-state index contributed by atoms with van der Waals surface area (Å²) in [7, 11) is 0. The molecule has 0 aliphatic carbocycles. The van der Waals surface area contributed by atoms with Crippen LogP contribution in [-0.2, 0) is 22.7 Å².